The summed E-state index contributed by atoms with van der Waals surface area (Å²) in [5.41, 5.74) is 3.41. The highest BCUT2D eigenvalue weighted by molar-refractivity contribution is 7.09. The first-order chi connectivity index (χ1) is 8.65. The van der Waals surface area contributed by atoms with E-state index in [1.807, 2.05) is 18.5 Å². The molecule has 0 atom stereocenters. The van der Waals surface area contributed by atoms with Gasteiger partial charge >= 0.3 is 0 Å². The number of carbonyl (C=O) groups excluding carboxylic acids is 1. The Balaban J connectivity index is 2.20. The summed E-state index contributed by atoms with van der Waals surface area (Å²) in [7, 11) is 0. The number of thiazole rings is 1. The average Bonchev–Trinajstić information content (AvgIpc) is 2.87. The van der Waals surface area contributed by atoms with Gasteiger partial charge in [-0.25, -0.2) is 4.98 Å². The maximum Gasteiger partial charge on any atom is 0.153 e. The Morgan fingerprint density at radius 1 is 1.44 bits per heavy atom. The van der Waals surface area contributed by atoms with Gasteiger partial charge in [-0.15, -0.1) is 11.3 Å². The number of rotatable bonds is 5. The van der Waals surface area contributed by atoms with Crippen LogP contribution >= 0.6 is 11.3 Å². The zero-order valence-corrected chi connectivity index (χ0v) is 11.8. The molecule has 0 spiro atoms. The van der Waals surface area contributed by atoms with E-state index in [4.69, 9.17) is 0 Å². The summed E-state index contributed by atoms with van der Waals surface area (Å²) >= 11 is 1.69. The minimum Gasteiger partial charge on any atom is -0.298 e. The van der Waals surface area contributed by atoms with Gasteiger partial charge < -0.3 is 0 Å². The van der Waals surface area contributed by atoms with Crippen LogP contribution in [0.5, 0.6) is 0 Å². The molecule has 0 N–H and O–H groups in total. The van der Waals surface area contributed by atoms with Crippen molar-refractivity contribution in [2.75, 3.05) is 0 Å². The standard InChI is InChI=1S/C13H17N3OS/c1-4-5-13-14-11(8-18-13)6-16-10(3)12(7-17)9(2)15-16/h7-8H,4-6H2,1-3H3. The van der Waals surface area contributed by atoms with Gasteiger partial charge in [-0.2, -0.15) is 5.10 Å². The van der Waals surface area contributed by atoms with Crippen molar-refractivity contribution in [3.63, 3.8) is 0 Å². The SMILES string of the molecule is CCCc1nc(Cn2nc(C)c(C=O)c2C)cs1. The summed E-state index contributed by atoms with van der Waals surface area (Å²) in [6, 6.07) is 0. The summed E-state index contributed by atoms with van der Waals surface area (Å²) < 4.78 is 1.85. The normalized spacial score (nSPS) is 10.8. The number of hydrogen-bond donors (Lipinski definition) is 0. The van der Waals surface area contributed by atoms with Gasteiger partial charge in [0.2, 0.25) is 0 Å². The summed E-state index contributed by atoms with van der Waals surface area (Å²) in [5, 5.41) is 7.62. The first kappa shape index (κ1) is 13.0. The molecule has 2 aromatic rings. The van der Waals surface area contributed by atoms with Gasteiger partial charge in [0.25, 0.3) is 0 Å². The van der Waals surface area contributed by atoms with Crippen LogP contribution in [0.4, 0.5) is 0 Å². The highest BCUT2D eigenvalue weighted by Gasteiger charge is 2.11. The van der Waals surface area contributed by atoms with Crippen LogP contribution in [-0.2, 0) is 13.0 Å². The molecule has 18 heavy (non-hydrogen) atoms. The van der Waals surface area contributed by atoms with E-state index in [1.165, 1.54) is 5.01 Å². The number of carbonyl (C=O) groups is 1. The molecule has 2 heterocycles. The van der Waals surface area contributed by atoms with Crippen molar-refractivity contribution in [1.82, 2.24) is 14.8 Å². The molecule has 0 aromatic carbocycles. The van der Waals surface area contributed by atoms with Crippen molar-refractivity contribution < 1.29 is 4.79 Å². The lowest BCUT2D eigenvalue weighted by Gasteiger charge is -2.01. The number of aromatic nitrogens is 3. The predicted octanol–water partition coefficient (Wildman–Crippen LogP) is 2.77. The highest BCUT2D eigenvalue weighted by atomic mass is 32.1. The third kappa shape index (κ3) is 2.51. The van der Waals surface area contributed by atoms with Crippen molar-refractivity contribution in [2.24, 2.45) is 0 Å². The number of aryl methyl sites for hydroxylation is 2. The smallest absolute Gasteiger partial charge is 0.153 e. The zero-order chi connectivity index (χ0) is 13.1. The summed E-state index contributed by atoms with van der Waals surface area (Å²) in [5.74, 6) is 0. The van der Waals surface area contributed by atoms with Crippen LogP contribution in [0.3, 0.4) is 0 Å². The van der Waals surface area contributed by atoms with E-state index in [0.29, 0.717) is 12.1 Å². The monoisotopic (exact) mass is 263 g/mol. The second kappa shape index (κ2) is 5.44. The van der Waals surface area contributed by atoms with Crippen molar-refractivity contribution in [2.45, 2.75) is 40.2 Å². The minimum absolute atomic E-state index is 0.640. The minimum atomic E-state index is 0.640. The van der Waals surface area contributed by atoms with E-state index in [2.05, 4.69) is 22.4 Å². The molecule has 0 fully saturated rings. The van der Waals surface area contributed by atoms with Gasteiger partial charge in [0.1, 0.15) is 0 Å². The fourth-order valence-electron chi connectivity index (χ4n) is 1.94. The Morgan fingerprint density at radius 2 is 2.22 bits per heavy atom. The lowest BCUT2D eigenvalue weighted by atomic mass is 10.2. The van der Waals surface area contributed by atoms with E-state index >= 15 is 0 Å². The molecule has 0 aliphatic heterocycles. The van der Waals surface area contributed by atoms with Gasteiger partial charge in [0.05, 0.1) is 28.5 Å². The van der Waals surface area contributed by atoms with E-state index < -0.39 is 0 Å². The third-order valence-corrected chi connectivity index (χ3v) is 3.89. The van der Waals surface area contributed by atoms with Gasteiger partial charge in [0, 0.05) is 11.1 Å². The topological polar surface area (TPSA) is 47.8 Å². The molecule has 0 radical (unpaired) electrons. The zero-order valence-electron chi connectivity index (χ0n) is 10.9. The molecule has 5 heteroatoms. The lowest BCUT2D eigenvalue weighted by Crippen LogP contribution is -2.04. The Labute approximate surface area is 111 Å². The van der Waals surface area contributed by atoms with Crippen molar-refractivity contribution in [3.05, 3.63) is 33.0 Å². The van der Waals surface area contributed by atoms with Crippen molar-refractivity contribution in [3.8, 4) is 0 Å². The molecule has 0 bridgehead atoms. The summed E-state index contributed by atoms with van der Waals surface area (Å²) in [4.78, 5) is 15.5. The third-order valence-electron chi connectivity index (χ3n) is 2.93. The molecule has 4 nitrogen and oxygen atoms in total. The Kier molecular flexibility index (Phi) is 3.91. The van der Waals surface area contributed by atoms with Crippen molar-refractivity contribution in [1.29, 1.82) is 0 Å². The van der Waals surface area contributed by atoms with Crippen LogP contribution in [0.1, 0.15) is 45.8 Å². The van der Waals surface area contributed by atoms with E-state index in [0.717, 1.165) is 36.2 Å². The Bertz CT molecular complexity index is 557. The summed E-state index contributed by atoms with van der Waals surface area (Å²) in [6.07, 6.45) is 3.02. The first-order valence-corrected chi connectivity index (χ1v) is 6.96. The molecular formula is C13H17N3OS. The van der Waals surface area contributed by atoms with Crippen LogP contribution < -0.4 is 0 Å². The van der Waals surface area contributed by atoms with Crippen LogP contribution in [0.2, 0.25) is 0 Å². The Morgan fingerprint density at radius 3 is 2.83 bits per heavy atom. The van der Waals surface area contributed by atoms with Gasteiger partial charge in [-0.1, -0.05) is 6.92 Å². The number of nitrogens with zero attached hydrogens (tertiary/aromatic N) is 3. The van der Waals surface area contributed by atoms with Crippen LogP contribution in [0.25, 0.3) is 0 Å². The highest BCUT2D eigenvalue weighted by Crippen LogP contribution is 2.15. The van der Waals surface area contributed by atoms with Crippen LogP contribution in [-0.4, -0.2) is 21.1 Å². The van der Waals surface area contributed by atoms with E-state index in [9.17, 15) is 4.79 Å². The number of aldehydes is 1. The van der Waals surface area contributed by atoms with Crippen molar-refractivity contribution >= 4 is 17.6 Å². The van der Waals surface area contributed by atoms with Gasteiger partial charge in [0.15, 0.2) is 6.29 Å². The van der Waals surface area contributed by atoms with Gasteiger partial charge in [-0.05, 0) is 26.7 Å². The lowest BCUT2D eigenvalue weighted by molar-refractivity contribution is 0.112. The molecule has 0 saturated carbocycles. The second-order valence-corrected chi connectivity index (χ2v) is 5.29. The predicted molar refractivity (Wildman–Crippen MR) is 72.3 cm³/mol. The quantitative estimate of drug-likeness (QED) is 0.779. The molecule has 2 rings (SSSR count). The molecule has 0 saturated heterocycles. The fraction of sp³-hybridized carbons (Fsp3) is 0.462. The molecule has 96 valence electrons. The molecular weight excluding hydrogens is 246 g/mol. The number of hydrogen-bond acceptors (Lipinski definition) is 4. The maximum atomic E-state index is 10.9. The molecule has 0 unspecified atom stereocenters. The van der Waals surface area contributed by atoms with E-state index in [1.54, 1.807) is 11.3 Å². The largest absolute Gasteiger partial charge is 0.298 e. The van der Waals surface area contributed by atoms with E-state index in [-0.39, 0.29) is 0 Å². The fourth-order valence-corrected chi connectivity index (χ4v) is 2.83. The molecule has 0 aliphatic carbocycles. The average molecular weight is 263 g/mol. The first-order valence-electron chi connectivity index (χ1n) is 6.08. The molecule has 0 aliphatic rings. The van der Waals surface area contributed by atoms with Crippen LogP contribution in [0.15, 0.2) is 5.38 Å². The molecule has 0 amide bonds. The maximum absolute atomic E-state index is 10.9. The Hall–Kier alpha value is -1.49. The van der Waals surface area contributed by atoms with Gasteiger partial charge in [-0.3, -0.25) is 9.48 Å². The summed E-state index contributed by atoms with van der Waals surface area (Å²) in [6.45, 7) is 6.57. The molecule has 2 aromatic heterocycles. The van der Waals surface area contributed by atoms with Crippen LogP contribution in [0, 0.1) is 13.8 Å². The second-order valence-electron chi connectivity index (χ2n) is 4.34.